The first-order valence-corrected chi connectivity index (χ1v) is 5.96. The molecule has 0 fully saturated rings. The maximum Gasteiger partial charge on any atom is 0.219 e. The van der Waals surface area contributed by atoms with Gasteiger partial charge in [0, 0.05) is 16.6 Å². The van der Waals surface area contributed by atoms with Gasteiger partial charge in [-0.05, 0) is 18.2 Å². The molecule has 1 heterocycles. The van der Waals surface area contributed by atoms with Gasteiger partial charge in [0.15, 0.2) is 5.84 Å². The topological polar surface area (TPSA) is 80.7 Å². The van der Waals surface area contributed by atoms with Crippen LogP contribution in [0.15, 0.2) is 46.0 Å². The van der Waals surface area contributed by atoms with E-state index in [9.17, 15) is 4.39 Å². The molecule has 0 saturated heterocycles. The Labute approximate surface area is 116 Å². The lowest BCUT2D eigenvalue weighted by Crippen LogP contribution is -2.14. The van der Waals surface area contributed by atoms with Gasteiger partial charge < -0.3 is 15.7 Å². The van der Waals surface area contributed by atoms with E-state index in [2.05, 4.69) is 26.1 Å². The number of aromatic nitrogens is 1. The van der Waals surface area contributed by atoms with Crippen molar-refractivity contribution in [1.82, 2.24) is 4.98 Å². The second-order valence-electron chi connectivity index (χ2n) is 3.55. The molecular weight excluding hydrogens is 317 g/mol. The van der Waals surface area contributed by atoms with Gasteiger partial charge in [0.1, 0.15) is 17.3 Å². The number of oxime groups is 1. The van der Waals surface area contributed by atoms with Crippen LogP contribution in [-0.2, 0) is 0 Å². The number of ether oxygens (including phenoxy) is 1. The summed E-state index contributed by atoms with van der Waals surface area (Å²) in [6, 6.07) is 8.90. The first-order chi connectivity index (χ1) is 9.08. The maximum absolute atomic E-state index is 13.2. The summed E-state index contributed by atoms with van der Waals surface area (Å²) in [7, 11) is 0. The highest BCUT2D eigenvalue weighted by Gasteiger charge is 2.06. The molecule has 0 saturated carbocycles. The average Bonchev–Trinajstić information content (AvgIpc) is 2.37. The van der Waals surface area contributed by atoms with Crippen molar-refractivity contribution in [2.75, 3.05) is 0 Å². The van der Waals surface area contributed by atoms with Crippen molar-refractivity contribution >= 4 is 21.8 Å². The Bertz CT molecular complexity index is 614. The fraction of sp³-hybridized carbons (Fsp3) is 0. The second kappa shape index (κ2) is 5.66. The Balaban J connectivity index is 2.28. The largest absolute Gasteiger partial charge is 0.439 e. The zero-order chi connectivity index (χ0) is 13.8. The third kappa shape index (κ3) is 3.41. The number of nitrogens with two attached hydrogens (primary N) is 1. The molecule has 0 atom stereocenters. The summed E-state index contributed by atoms with van der Waals surface area (Å²) >= 11 is 3.16. The van der Waals surface area contributed by atoms with E-state index < -0.39 is 5.82 Å². The molecule has 7 heteroatoms. The number of hydrogen-bond donors (Lipinski definition) is 2. The van der Waals surface area contributed by atoms with Crippen LogP contribution in [0.25, 0.3) is 0 Å². The molecule has 2 aromatic rings. The molecule has 1 aromatic heterocycles. The molecule has 0 aliphatic heterocycles. The van der Waals surface area contributed by atoms with Crippen LogP contribution in [0.2, 0.25) is 0 Å². The normalized spacial score (nSPS) is 11.4. The van der Waals surface area contributed by atoms with Gasteiger partial charge in [0.25, 0.3) is 0 Å². The van der Waals surface area contributed by atoms with Crippen LogP contribution in [0.1, 0.15) is 5.69 Å². The summed E-state index contributed by atoms with van der Waals surface area (Å²) in [5.74, 6) is -0.0690. The van der Waals surface area contributed by atoms with Gasteiger partial charge in [-0.3, -0.25) is 0 Å². The van der Waals surface area contributed by atoms with Crippen LogP contribution in [-0.4, -0.2) is 16.0 Å². The zero-order valence-corrected chi connectivity index (χ0v) is 11.1. The molecule has 2 rings (SSSR count). The Morgan fingerprint density at radius 1 is 1.37 bits per heavy atom. The molecule has 0 aliphatic carbocycles. The molecule has 0 unspecified atom stereocenters. The van der Waals surface area contributed by atoms with E-state index in [0.717, 1.165) is 0 Å². The van der Waals surface area contributed by atoms with Gasteiger partial charge in [-0.2, -0.15) is 0 Å². The maximum atomic E-state index is 13.2. The molecule has 0 bridgehead atoms. The van der Waals surface area contributed by atoms with Crippen LogP contribution in [0.3, 0.4) is 0 Å². The van der Waals surface area contributed by atoms with Gasteiger partial charge in [0.2, 0.25) is 5.88 Å². The van der Waals surface area contributed by atoms with E-state index in [0.29, 0.717) is 4.47 Å². The van der Waals surface area contributed by atoms with E-state index in [4.69, 9.17) is 15.7 Å². The van der Waals surface area contributed by atoms with Crippen LogP contribution >= 0.6 is 15.9 Å². The number of pyridine rings is 1. The van der Waals surface area contributed by atoms with E-state index in [1.807, 2.05) is 0 Å². The summed E-state index contributed by atoms with van der Waals surface area (Å²) in [6.07, 6.45) is 0. The van der Waals surface area contributed by atoms with Crippen molar-refractivity contribution in [3.8, 4) is 11.6 Å². The minimum atomic E-state index is -0.433. The minimum absolute atomic E-state index is 0.133. The van der Waals surface area contributed by atoms with Gasteiger partial charge in [-0.15, -0.1) is 0 Å². The predicted octanol–water partition coefficient (Wildman–Crippen LogP) is 2.87. The van der Waals surface area contributed by atoms with Crippen molar-refractivity contribution < 1.29 is 14.3 Å². The summed E-state index contributed by atoms with van der Waals surface area (Å²) in [4.78, 5) is 4.02. The standard InChI is InChI=1S/C12H9BrFN3O2/c13-7-4-8(14)6-9(5-7)19-11-3-1-2-10(16-11)12(15)17-18/h1-6,18H,(H2,15,17). The molecule has 19 heavy (non-hydrogen) atoms. The molecule has 98 valence electrons. The number of amidine groups is 1. The second-order valence-corrected chi connectivity index (χ2v) is 4.47. The first-order valence-electron chi connectivity index (χ1n) is 5.17. The smallest absolute Gasteiger partial charge is 0.219 e. The van der Waals surface area contributed by atoms with Crippen LogP contribution in [0.4, 0.5) is 4.39 Å². The Hall–Kier alpha value is -2.15. The summed E-state index contributed by atoms with van der Waals surface area (Å²) in [5, 5.41) is 11.4. The van der Waals surface area contributed by atoms with E-state index >= 15 is 0 Å². The van der Waals surface area contributed by atoms with Crippen molar-refractivity contribution in [2.45, 2.75) is 0 Å². The molecule has 0 amide bonds. The van der Waals surface area contributed by atoms with Gasteiger partial charge >= 0.3 is 0 Å². The van der Waals surface area contributed by atoms with Crippen molar-refractivity contribution in [1.29, 1.82) is 0 Å². The van der Waals surface area contributed by atoms with E-state index in [1.54, 1.807) is 24.3 Å². The molecular formula is C12H9BrFN3O2. The fourth-order valence-corrected chi connectivity index (χ4v) is 1.82. The quantitative estimate of drug-likeness (QED) is 0.393. The lowest BCUT2D eigenvalue weighted by molar-refractivity contribution is 0.318. The first kappa shape index (κ1) is 13.3. The van der Waals surface area contributed by atoms with Gasteiger partial charge in [0.05, 0.1) is 0 Å². The van der Waals surface area contributed by atoms with Gasteiger partial charge in [-0.25, -0.2) is 9.37 Å². The van der Waals surface area contributed by atoms with Crippen molar-refractivity contribution in [3.05, 3.63) is 52.4 Å². The Morgan fingerprint density at radius 2 is 2.16 bits per heavy atom. The summed E-state index contributed by atoms with van der Waals surface area (Å²) < 4.78 is 19.1. The molecule has 0 radical (unpaired) electrons. The molecule has 1 aromatic carbocycles. The number of nitrogens with zero attached hydrogens (tertiary/aromatic N) is 2. The third-order valence-corrected chi connectivity index (χ3v) is 2.61. The number of benzene rings is 1. The van der Waals surface area contributed by atoms with Crippen LogP contribution in [0, 0.1) is 5.82 Å². The summed E-state index contributed by atoms with van der Waals surface area (Å²) in [6.45, 7) is 0. The lowest BCUT2D eigenvalue weighted by Gasteiger charge is -2.06. The zero-order valence-electron chi connectivity index (χ0n) is 9.55. The third-order valence-electron chi connectivity index (χ3n) is 2.15. The monoisotopic (exact) mass is 325 g/mol. The number of halogens is 2. The van der Waals surface area contributed by atoms with Crippen LogP contribution < -0.4 is 10.5 Å². The highest BCUT2D eigenvalue weighted by Crippen LogP contribution is 2.24. The van der Waals surface area contributed by atoms with Gasteiger partial charge in [-0.1, -0.05) is 27.2 Å². The Kier molecular flexibility index (Phi) is 3.96. The van der Waals surface area contributed by atoms with Crippen LogP contribution in [0.5, 0.6) is 11.6 Å². The van der Waals surface area contributed by atoms with E-state index in [-0.39, 0.29) is 23.2 Å². The highest BCUT2D eigenvalue weighted by atomic mass is 79.9. The fourth-order valence-electron chi connectivity index (χ4n) is 1.37. The van der Waals surface area contributed by atoms with E-state index in [1.165, 1.54) is 12.1 Å². The lowest BCUT2D eigenvalue weighted by atomic mass is 10.3. The summed E-state index contributed by atoms with van der Waals surface area (Å²) in [5.41, 5.74) is 5.68. The molecule has 0 spiro atoms. The predicted molar refractivity (Wildman–Crippen MR) is 70.9 cm³/mol. The highest BCUT2D eigenvalue weighted by molar-refractivity contribution is 9.10. The minimum Gasteiger partial charge on any atom is -0.439 e. The molecule has 0 aliphatic rings. The number of hydrogen-bond acceptors (Lipinski definition) is 4. The SMILES string of the molecule is N/C(=N/O)c1cccc(Oc2cc(F)cc(Br)c2)n1. The number of rotatable bonds is 3. The Morgan fingerprint density at radius 3 is 2.84 bits per heavy atom. The molecule has 3 N–H and O–H groups in total. The van der Waals surface area contributed by atoms with Crippen molar-refractivity contribution in [2.24, 2.45) is 10.9 Å². The average molecular weight is 326 g/mol. The van der Waals surface area contributed by atoms with Crippen molar-refractivity contribution in [3.63, 3.8) is 0 Å². The molecule has 5 nitrogen and oxygen atoms in total.